The minimum Gasteiger partial charge on any atom is -0.452 e. The number of halogens is 2. The molecule has 9 heteroatoms. The standard InChI is InChI=1S/C34H24BrClN2O5/c1-17-14-23(35)24(36)15-25(17)37-27(39)16-43-34(42)22-12-6-7-13-26(22)38-32(40)30-28-18-8-2-3-9-19(18)29(31(30)33(38)41)21-11-5-4-10-20(21)28/h2-15,28-31H,16H2,1H3,(H,37,39)/t28?,29?,30-,31-/m0/s1. The molecular formula is C34H24BrClN2O5. The van der Waals surface area contributed by atoms with E-state index in [0.29, 0.717) is 15.2 Å². The molecule has 3 amide bonds. The second kappa shape index (κ2) is 10.5. The molecule has 0 saturated carbocycles. The zero-order valence-electron chi connectivity index (χ0n) is 22.8. The average Bonchev–Trinajstić information content (AvgIpc) is 3.28. The van der Waals surface area contributed by atoms with Gasteiger partial charge in [0.15, 0.2) is 6.61 Å². The Kier molecular flexibility index (Phi) is 6.71. The molecule has 8 rings (SSSR count). The van der Waals surface area contributed by atoms with Crippen LogP contribution in [0.2, 0.25) is 5.02 Å². The number of ether oxygens (including phenoxy) is 1. The number of anilines is 2. The van der Waals surface area contributed by atoms with Crippen molar-refractivity contribution < 1.29 is 23.9 Å². The molecule has 43 heavy (non-hydrogen) atoms. The second-order valence-corrected chi connectivity index (χ2v) is 12.3. The molecule has 1 fully saturated rings. The average molecular weight is 656 g/mol. The van der Waals surface area contributed by atoms with Gasteiger partial charge in [-0.25, -0.2) is 9.69 Å². The predicted molar refractivity (Wildman–Crippen MR) is 165 cm³/mol. The lowest BCUT2D eigenvalue weighted by Gasteiger charge is -2.45. The summed E-state index contributed by atoms with van der Waals surface area (Å²) < 4.78 is 6.05. The Morgan fingerprint density at radius 2 is 1.35 bits per heavy atom. The van der Waals surface area contributed by atoms with Gasteiger partial charge in [0, 0.05) is 22.0 Å². The van der Waals surface area contributed by atoms with Gasteiger partial charge < -0.3 is 10.1 Å². The largest absolute Gasteiger partial charge is 0.452 e. The van der Waals surface area contributed by atoms with Gasteiger partial charge in [0.05, 0.1) is 28.1 Å². The summed E-state index contributed by atoms with van der Waals surface area (Å²) in [5.41, 5.74) is 5.70. The fourth-order valence-electron chi connectivity index (χ4n) is 6.93. The lowest BCUT2D eigenvalue weighted by atomic mass is 9.55. The molecule has 2 atom stereocenters. The normalized spacial score (nSPS) is 21.2. The molecule has 0 spiro atoms. The zero-order chi connectivity index (χ0) is 30.0. The third-order valence-electron chi connectivity index (χ3n) is 8.69. The van der Waals surface area contributed by atoms with E-state index in [2.05, 4.69) is 21.2 Å². The molecule has 1 heterocycles. The highest BCUT2D eigenvalue weighted by Gasteiger charge is 2.62. The van der Waals surface area contributed by atoms with Crippen LogP contribution in [-0.4, -0.2) is 30.3 Å². The summed E-state index contributed by atoms with van der Waals surface area (Å²) in [6.45, 7) is 1.24. The first kappa shape index (κ1) is 27.6. The highest BCUT2D eigenvalue weighted by atomic mass is 79.9. The van der Waals surface area contributed by atoms with Crippen molar-refractivity contribution in [1.29, 1.82) is 0 Å². The Bertz CT molecular complexity index is 1760. The number of hydrogen-bond donors (Lipinski definition) is 1. The SMILES string of the molecule is Cc1cc(Br)c(Cl)cc1NC(=O)COC(=O)c1ccccc1N1C(=O)[C@H]2C3c4ccccc4C(c4ccccc43)[C@@H]2C1=O. The Labute approximate surface area is 260 Å². The van der Waals surface area contributed by atoms with Gasteiger partial charge in [-0.05, 0) is 74.9 Å². The number of hydrogen-bond acceptors (Lipinski definition) is 5. The van der Waals surface area contributed by atoms with Gasteiger partial charge >= 0.3 is 5.97 Å². The summed E-state index contributed by atoms with van der Waals surface area (Å²) in [4.78, 5) is 55.4. The van der Waals surface area contributed by atoms with Crippen LogP contribution in [0.4, 0.5) is 11.4 Å². The molecular weight excluding hydrogens is 632 g/mol. The van der Waals surface area contributed by atoms with Crippen LogP contribution in [0.5, 0.6) is 0 Å². The number of amides is 3. The third-order valence-corrected chi connectivity index (χ3v) is 9.89. The Hall–Kier alpha value is -4.27. The van der Waals surface area contributed by atoms with Crippen LogP contribution in [0.15, 0.2) is 89.4 Å². The van der Waals surface area contributed by atoms with Gasteiger partial charge in [0.2, 0.25) is 11.8 Å². The van der Waals surface area contributed by atoms with Gasteiger partial charge in [0.25, 0.3) is 5.91 Å². The van der Waals surface area contributed by atoms with Crippen LogP contribution in [-0.2, 0) is 19.1 Å². The van der Waals surface area contributed by atoms with E-state index in [4.69, 9.17) is 16.3 Å². The summed E-state index contributed by atoms with van der Waals surface area (Å²) in [5, 5.41) is 3.12. The monoisotopic (exact) mass is 654 g/mol. The quantitative estimate of drug-likeness (QED) is 0.193. The van der Waals surface area contributed by atoms with Crippen molar-refractivity contribution in [3.8, 4) is 0 Å². The van der Waals surface area contributed by atoms with Crippen molar-refractivity contribution in [2.24, 2.45) is 11.8 Å². The third kappa shape index (κ3) is 4.31. The fraction of sp³-hybridized carbons (Fsp3) is 0.176. The van der Waals surface area contributed by atoms with E-state index >= 15 is 0 Å². The van der Waals surface area contributed by atoms with E-state index in [1.165, 1.54) is 6.07 Å². The van der Waals surface area contributed by atoms with Crippen LogP contribution in [0.3, 0.4) is 0 Å². The van der Waals surface area contributed by atoms with Crippen LogP contribution >= 0.6 is 27.5 Å². The number of benzene rings is 4. The van der Waals surface area contributed by atoms with E-state index in [-0.39, 0.29) is 34.9 Å². The van der Waals surface area contributed by atoms with Crippen molar-refractivity contribution in [2.75, 3.05) is 16.8 Å². The summed E-state index contributed by atoms with van der Waals surface area (Å²) in [7, 11) is 0. The van der Waals surface area contributed by atoms with E-state index in [9.17, 15) is 19.2 Å². The lowest BCUT2D eigenvalue weighted by Crippen LogP contribution is -2.41. The van der Waals surface area contributed by atoms with Crippen molar-refractivity contribution >= 4 is 62.6 Å². The molecule has 7 nitrogen and oxygen atoms in total. The Morgan fingerprint density at radius 3 is 1.91 bits per heavy atom. The Morgan fingerprint density at radius 1 is 0.837 bits per heavy atom. The molecule has 2 bridgehead atoms. The number of nitrogens with one attached hydrogen (secondary N) is 1. The Balaban J connectivity index is 1.16. The van der Waals surface area contributed by atoms with Gasteiger partial charge in [-0.3, -0.25) is 14.4 Å². The molecule has 1 saturated heterocycles. The minimum atomic E-state index is -0.818. The zero-order valence-corrected chi connectivity index (χ0v) is 25.2. The topological polar surface area (TPSA) is 92.8 Å². The first-order valence-electron chi connectivity index (χ1n) is 13.8. The molecule has 0 radical (unpaired) electrons. The fourth-order valence-corrected chi connectivity index (χ4v) is 7.55. The maximum Gasteiger partial charge on any atom is 0.340 e. The molecule has 3 aliphatic carbocycles. The van der Waals surface area contributed by atoms with Crippen molar-refractivity contribution in [3.05, 3.63) is 128 Å². The molecule has 1 N–H and O–H groups in total. The number of aryl methyl sites for hydroxylation is 1. The minimum absolute atomic E-state index is 0.0286. The molecule has 4 aromatic rings. The van der Waals surface area contributed by atoms with Crippen LogP contribution < -0.4 is 10.2 Å². The number of carbonyl (C=O) groups excluding carboxylic acids is 4. The maximum atomic E-state index is 14.2. The molecule has 4 aromatic carbocycles. The van der Waals surface area contributed by atoms with Gasteiger partial charge in [-0.15, -0.1) is 0 Å². The van der Waals surface area contributed by atoms with Crippen LogP contribution in [0.1, 0.15) is 50.0 Å². The summed E-state index contributed by atoms with van der Waals surface area (Å²) in [6, 6.07) is 25.7. The molecule has 214 valence electrons. The van der Waals surface area contributed by atoms with Crippen LogP contribution in [0.25, 0.3) is 0 Å². The van der Waals surface area contributed by atoms with E-state index in [1.54, 1.807) is 30.3 Å². The highest BCUT2D eigenvalue weighted by Crippen LogP contribution is 2.61. The molecule has 4 aliphatic rings. The summed E-state index contributed by atoms with van der Waals surface area (Å²) in [5.74, 6) is -3.75. The van der Waals surface area contributed by atoms with Crippen molar-refractivity contribution in [2.45, 2.75) is 18.8 Å². The highest BCUT2D eigenvalue weighted by molar-refractivity contribution is 9.10. The predicted octanol–water partition coefficient (Wildman–Crippen LogP) is 6.60. The van der Waals surface area contributed by atoms with E-state index < -0.39 is 30.3 Å². The van der Waals surface area contributed by atoms with Gasteiger partial charge in [0.1, 0.15) is 0 Å². The smallest absolute Gasteiger partial charge is 0.340 e. The number of nitrogens with zero attached hydrogens (tertiary/aromatic N) is 1. The second-order valence-electron chi connectivity index (χ2n) is 11.0. The number of para-hydroxylation sites is 1. The van der Waals surface area contributed by atoms with Crippen molar-refractivity contribution in [3.63, 3.8) is 0 Å². The molecule has 1 aliphatic heterocycles. The summed E-state index contributed by atoms with van der Waals surface area (Å²) in [6.07, 6.45) is 0. The number of carbonyl (C=O) groups is 4. The number of rotatable bonds is 5. The van der Waals surface area contributed by atoms with Gasteiger partial charge in [-0.2, -0.15) is 0 Å². The number of imide groups is 1. The lowest BCUT2D eigenvalue weighted by molar-refractivity contribution is -0.122. The van der Waals surface area contributed by atoms with Crippen molar-refractivity contribution in [1.82, 2.24) is 0 Å². The first-order valence-corrected chi connectivity index (χ1v) is 15.0. The van der Waals surface area contributed by atoms with Crippen LogP contribution in [0, 0.1) is 18.8 Å². The summed E-state index contributed by atoms with van der Waals surface area (Å²) >= 11 is 9.50. The first-order chi connectivity index (χ1) is 20.8. The molecule has 0 aromatic heterocycles. The van der Waals surface area contributed by atoms with E-state index in [0.717, 1.165) is 32.7 Å². The van der Waals surface area contributed by atoms with Gasteiger partial charge in [-0.1, -0.05) is 72.3 Å². The maximum absolute atomic E-state index is 14.2. The number of esters is 1. The molecule has 0 unspecified atom stereocenters. The van der Waals surface area contributed by atoms with E-state index in [1.807, 2.05) is 55.5 Å².